The van der Waals surface area contributed by atoms with Crippen molar-refractivity contribution in [1.29, 1.82) is 0 Å². The van der Waals surface area contributed by atoms with Crippen LogP contribution in [0.3, 0.4) is 0 Å². The van der Waals surface area contributed by atoms with E-state index in [1.807, 2.05) is 54.2 Å². The van der Waals surface area contributed by atoms with Gasteiger partial charge in [-0.1, -0.05) is 29.9 Å². The van der Waals surface area contributed by atoms with Crippen molar-refractivity contribution < 1.29 is 9.30 Å². The fourth-order valence-electron chi connectivity index (χ4n) is 4.21. The number of benzene rings is 1. The van der Waals surface area contributed by atoms with Gasteiger partial charge >= 0.3 is 0 Å². The van der Waals surface area contributed by atoms with Crippen LogP contribution in [-0.2, 0) is 17.8 Å². The third-order valence-electron chi connectivity index (χ3n) is 5.88. The summed E-state index contributed by atoms with van der Waals surface area (Å²) >= 11 is 9.39. The number of hydrogen-bond acceptors (Lipinski definition) is 5. The molecule has 170 valence electrons. The minimum atomic E-state index is 0.0289. The Labute approximate surface area is 205 Å². The quantitative estimate of drug-likeness (QED) is 0.399. The highest BCUT2D eigenvalue weighted by Gasteiger charge is 2.26. The number of pyridine rings is 1. The predicted molar refractivity (Wildman–Crippen MR) is 136 cm³/mol. The van der Waals surface area contributed by atoms with E-state index in [0.717, 1.165) is 49.9 Å². The third kappa shape index (κ3) is 4.43. The molecule has 8 heteroatoms. The molecule has 1 unspecified atom stereocenters. The number of thioether (sulfide) groups is 1. The van der Waals surface area contributed by atoms with Crippen LogP contribution < -0.4 is 24.2 Å². The summed E-state index contributed by atoms with van der Waals surface area (Å²) in [5.74, 6) is 0. The van der Waals surface area contributed by atoms with Crippen molar-refractivity contribution in [1.82, 2.24) is 4.57 Å². The van der Waals surface area contributed by atoms with Crippen molar-refractivity contribution in [3.8, 4) is 0 Å². The van der Waals surface area contributed by atoms with Crippen LogP contribution >= 0.6 is 34.7 Å². The molecule has 5 rings (SSSR count). The van der Waals surface area contributed by atoms with Crippen LogP contribution in [0.15, 0.2) is 64.9 Å². The number of ether oxygens (including phenoxy) is 1. The molecule has 2 aromatic heterocycles. The molecule has 1 aromatic carbocycles. The molecule has 0 saturated carbocycles. The molecule has 3 aromatic rings. The van der Waals surface area contributed by atoms with E-state index in [0.29, 0.717) is 18.1 Å². The first-order valence-corrected chi connectivity index (χ1v) is 12.9. The van der Waals surface area contributed by atoms with E-state index in [4.69, 9.17) is 16.3 Å². The summed E-state index contributed by atoms with van der Waals surface area (Å²) in [5.41, 5.74) is 2.08. The fourth-order valence-corrected chi connectivity index (χ4v) is 6.76. The first-order chi connectivity index (χ1) is 16.0. The molecule has 1 atom stereocenters. The van der Waals surface area contributed by atoms with Gasteiger partial charge in [0.1, 0.15) is 14.2 Å². The lowest BCUT2D eigenvalue weighted by molar-refractivity contribution is -0.688. The third-order valence-corrected chi connectivity index (χ3v) is 8.60. The van der Waals surface area contributed by atoms with Gasteiger partial charge in [0.25, 0.3) is 5.56 Å². The van der Waals surface area contributed by atoms with Gasteiger partial charge in [-0.15, -0.1) is 11.3 Å². The van der Waals surface area contributed by atoms with Gasteiger partial charge < -0.3 is 9.64 Å². The van der Waals surface area contributed by atoms with Crippen LogP contribution in [0.5, 0.6) is 0 Å². The SMILES string of the molecule is C=CC[n+]1ccccc1C=c1sc(=C2Sc3ccc(Cl)cc3N2C)c(=O)n1CC1CCCO1. The second kappa shape index (κ2) is 9.50. The van der Waals surface area contributed by atoms with Crippen molar-refractivity contribution in [3.05, 3.63) is 85.5 Å². The molecule has 5 nitrogen and oxygen atoms in total. The molecule has 1 fully saturated rings. The predicted octanol–water partition coefficient (Wildman–Crippen LogP) is 3.35. The van der Waals surface area contributed by atoms with E-state index < -0.39 is 0 Å². The summed E-state index contributed by atoms with van der Waals surface area (Å²) in [7, 11) is 1.99. The maximum absolute atomic E-state index is 13.7. The first kappa shape index (κ1) is 22.5. The molecule has 0 radical (unpaired) electrons. The zero-order chi connectivity index (χ0) is 22.9. The summed E-state index contributed by atoms with van der Waals surface area (Å²) in [6.45, 7) is 5.90. The number of allylic oxidation sites excluding steroid dienone is 1. The van der Waals surface area contributed by atoms with Crippen molar-refractivity contribution in [2.24, 2.45) is 0 Å². The number of rotatable bonds is 5. The van der Waals surface area contributed by atoms with Crippen molar-refractivity contribution >= 4 is 51.5 Å². The maximum atomic E-state index is 13.7. The van der Waals surface area contributed by atoms with Gasteiger partial charge in [-0.2, -0.15) is 4.57 Å². The molecule has 0 spiro atoms. The van der Waals surface area contributed by atoms with Gasteiger partial charge in [0, 0.05) is 41.8 Å². The van der Waals surface area contributed by atoms with E-state index >= 15 is 0 Å². The normalized spacial score (nSPS) is 19.9. The number of fused-ring (bicyclic) bond motifs is 1. The van der Waals surface area contributed by atoms with Crippen LogP contribution in [-0.4, -0.2) is 24.3 Å². The van der Waals surface area contributed by atoms with Gasteiger partial charge in [-0.3, -0.25) is 9.36 Å². The molecule has 0 amide bonds. The largest absolute Gasteiger partial charge is 0.376 e. The average molecular weight is 499 g/mol. The number of nitrogens with zero attached hydrogens (tertiary/aromatic N) is 3. The van der Waals surface area contributed by atoms with Gasteiger partial charge in [-0.25, -0.2) is 0 Å². The van der Waals surface area contributed by atoms with E-state index in [9.17, 15) is 4.79 Å². The van der Waals surface area contributed by atoms with Gasteiger partial charge in [0.15, 0.2) is 12.7 Å². The van der Waals surface area contributed by atoms with Crippen molar-refractivity contribution in [2.45, 2.75) is 36.9 Å². The Morgan fingerprint density at radius 2 is 2.21 bits per heavy atom. The highest BCUT2D eigenvalue weighted by molar-refractivity contribution is 8.08. The van der Waals surface area contributed by atoms with Crippen molar-refractivity contribution in [2.75, 3.05) is 18.6 Å². The Kier molecular flexibility index (Phi) is 6.47. The van der Waals surface area contributed by atoms with E-state index in [1.165, 1.54) is 11.3 Å². The van der Waals surface area contributed by atoms with Crippen LogP contribution in [0, 0.1) is 0 Å². The molecule has 0 bridgehead atoms. The van der Waals surface area contributed by atoms with E-state index in [1.54, 1.807) is 11.8 Å². The second-order valence-corrected chi connectivity index (χ2v) is 10.6. The van der Waals surface area contributed by atoms with Gasteiger partial charge in [0.2, 0.25) is 5.69 Å². The monoisotopic (exact) mass is 498 g/mol. The molecule has 1 saturated heterocycles. The smallest absolute Gasteiger partial charge is 0.271 e. The molecular formula is C25H25ClN3O2S2+. The lowest BCUT2D eigenvalue weighted by Crippen LogP contribution is -2.38. The van der Waals surface area contributed by atoms with Crippen LogP contribution in [0.4, 0.5) is 5.69 Å². The Morgan fingerprint density at radius 1 is 1.33 bits per heavy atom. The second-order valence-electron chi connectivity index (χ2n) is 8.11. The summed E-state index contributed by atoms with van der Waals surface area (Å²) < 4.78 is 11.5. The number of anilines is 1. The molecule has 0 aliphatic carbocycles. The Morgan fingerprint density at radius 3 is 3.00 bits per heavy atom. The zero-order valence-electron chi connectivity index (χ0n) is 18.4. The van der Waals surface area contributed by atoms with E-state index in [2.05, 4.69) is 28.2 Å². The summed E-state index contributed by atoms with van der Waals surface area (Å²) in [6.07, 6.45) is 8.09. The van der Waals surface area contributed by atoms with Crippen LogP contribution in [0.2, 0.25) is 5.02 Å². The minimum Gasteiger partial charge on any atom is -0.376 e. The topological polar surface area (TPSA) is 38.4 Å². The van der Waals surface area contributed by atoms with Gasteiger partial charge in [0.05, 0.1) is 18.3 Å². The first-order valence-electron chi connectivity index (χ1n) is 10.9. The Hall–Kier alpha value is -2.32. The Balaban J connectivity index is 1.69. The molecular weight excluding hydrogens is 474 g/mol. The summed E-state index contributed by atoms with van der Waals surface area (Å²) in [6, 6.07) is 11.9. The molecule has 0 N–H and O–H groups in total. The standard InChI is InChI=1S/C25H25ClN3O2S2/c1-3-11-28-12-5-4-7-18(28)15-22-29(16-19-8-6-13-31-19)24(30)23(33-22)25-27(2)20-14-17(26)9-10-21(20)32-25/h3-5,7,9-10,12,14-15,19H,1,6,8,11,13,16H2,2H3/q+1. The number of aromatic nitrogens is 2. The Bertz CT molecular complexity index is 1390. The van der Waals surface area contributed by atoms with Crippen molar-refractivity contribution in [3.63, 3.8) is 0 Å². The lowest BCUT2D eigenvalue weighted by Gasteiger charge is -2.12. The van der Waals surface area contributed by atoms with Crippen LogP contribution in [0.1, 0.15) is 18.5 Å². The average Bonchev–Trinajstić information content (AvgIpc) is 3.51. The van der Waals surface area contributed by atoms with E-state index in [-0.39, 0.29) is 11.7 Å². The molecule has 2 aliphatic rings. The zero-order valence-corrected chi connectivity index (χ0v) is 20.8. The fraction of sp³-hybridized carbons (Fsp3) is 0.280. The highest BCUT2D eigenvalue weighted by Crippen LogP contribution is 2.46. The summed E-state index contributed by atoms with van der Waals surface area (Å²) in [4.78, 5) is 16.9. The molecule has 33 heavy (non-hydrogen) atoms. The maximum Gasteiger partial charge on any atom is 0.271 e. The highest BCUT2D eigenvalue weighted by atomic mass is 35.5. The molecule has 4 heterocycles. The number of hydrogen-bond donors (Lipinski definition) is 0. The summed E-state index contributed by atoms with van der Waals surface area (Å²) in [5, 5.41) is 1.63. The van der Waals surface area contributed by atoms with Crippen LogP contribution in [0.25, 0.3) is 11.1 Å². The molecule has 2 aliphatic heterocycles. The number of halogens is 1. The van der Waals surface area contributed by atoms with Gasteiger partial charge in [-0.05, 0) is 43.2 Å². The number of thiazole rings is 1. The lowest BCUT2D eigenvalue weighted by atomic mass is 10.2. The minimum absolute atomic E-state index is 0.0289.